The molecule has 1 aliphatic heterocycles. The van der Waals surface area contributed by atoms with Crippen LogP contribution >= 0.6 is 0 Å². The Morgan fingerprint density at radius 3 is 1.68 bits per heavy atom. The number of rotatable bonds is 5. The first kappa shape index (κ1) is 22.7. The second-order valence-corrected chi connectivity index (χ2v) is 25.2. The number of pyridine rings is 1. The van der Waals surface area contributed by atoms with Crippen molar-refractivity contribution in [3.63, 3.8) is 0 Å². The molecule has 1 saturated heterocycles. The van der Waals surface area contributed by atoms with Gasteiger partial charge in [-0.2, -0.15) is 0 Å². The molecule has 3 saturated carbocycles. The summed E-state index contributed by atoms with van der Waals surface area (Å²) in [6, 6.07) is 5.48. The molecule has 3 heteroatoms. The Kier molecular flexibility index (Phi) is 7.65. The van der Waals surface area contributed by atoms with Crippen molar-refractivity contribution >= 4 is 22.1 Å². The van der Waals surface area contributed by atoms with Crippen LogP contribution < -0.4 is 3.71 Å². The average Bonchev–Trinajstić information content (AvgIpc) is 3.28. The van der Waals surface area contributed by atoms with E-state index in [-0.39, 0.29) is 0 Å². The van der Waals surface area contributed by atoms with E-state index < -0.39 is 18.4 Å². The molecule has 0 amide bonds. The minimum atomic E-state index is -2.82. The van der Waals surface area contributed by atoms with Crippen LogP contribution in [0.5, 0.6) is 0 Å². The fourth-order valence-corrected chi connectivity index (χ4v) is 32.4. The Hall–Kier alpha value is -0.0913. The average molecular weight is 529 g/mol. The third kappa shape index (κ3) is 4.38. The monoisotopic (exact) mass is 530 g/mol. The first-order valence-electron chi connectivity index (χ1n) is 14.0. The van der Waals surface area contributed by atoms with Gasteiger partial charge in [-0.15, -0.1) is 0 Å². The maximum atomic E-state index is 5.52. The molecule has 4 aliphatic rings. The Morgan fingerprint density at radius 1 is 0.710 bits per heavy atom. The van der Waals surface area contributed by atoms with E-state index in [0.717, 1.165) is 11.8 Å². The summed E-state index contributed by atoms with van der Waals surface area (Å²) in [7, 11) is 2.38. The van der Waals surface area contributed by atoms with E-state index in [1.165, 1.54) is 77.2 Å². The standard InChI is InChI=1S/C10H13N2.3C6H11.Sn/c1-12-7-3-5-10(12)9-4-2-6-11-8-9;3*1-2-4-6-5-3-1;/h2,4,6,10H,3,5,7H2,1H3;3*1H,2-6H2;/t10-;;;;/m0..../s1. The zero-order valence-corrected chi connectivity index (χ0v) is 23.0. The van der Waals surface area contributed by atoms with Crippen molar-refractivity contribution in [1.29, 1.82) is 0 Å². The van der Waals surface area contributed by atoms with Gasteiger partial charge in [0.05, 0.1) is 0 Å². The summed E-state index contributed by atoms with van der Waals surface area (Å²) in [6.07, 6.45) is 27.8. The molecule has 1 aromatic rings. The van der Waals surface area contributed by atoms with Crippen LogP contribution in [0, 0.1) is 0 Å². The van der Waals surface area contributed by atoms with E-state index in [4.69, 9.17) is 4.98 Å². The van der Waals surface area contributed by atoms with Crippen molar-refractivity contribution in [2.75, 3.05) is 13.6 Å². The summed E-state index contributed by atoms with van der Waals surface area (Å²) in [5, 5.41) is 0. The van der Waals surface area contributed by atoms with E-state index in [0.29, 0.717) is 6.04 Å². The van der Waals surface area contributed by atoms with E-state index in [1.54, 1.807) is 47.8 Å². The van der Waals surface area contributed by atoms with Crippen LogP contribution in [-0.2, 0) is 0 Å². The predicted molar refractivity (Wildman–Crippen MR) is 135 cm³/mol. The molecule has 2 nitrogen and oxygen atoms in total. The second kappa shape index (κ2) is 10.4. The topological polar surface area (TPSA) is 16.1 Å². The molecule has 1 aromatic heterocycles. The number of aromatic nitrogens is 1. The van der Waals surface area contributed by atoms with Gasteiger partial charge in [-0.25, -0.2) is 0 Å². The van der Waals surface area contributed by atoms with Crippen LogP contribution in [0.1, 0.15) is 121 Å². The Balaban J connectivity index is 1.67. The Morgan fingerprint density at radius 2 is 1.23 bits per heavy atom. The normalized spacial score (nSPS) is 28.2. The number of nitrogens with zero attached hydrogens (tertiary/aromatic N) is 2. The van der Waals surface area contributed by atoms with E-state index in [2.05, 4.69) is 30.3 Å². The van der Waals surface area contributed by atoms with Crippen LogP contribution in [0.4, 0.5) is 0 Å². The zero-order valence-electron chi connectivity index (χ0n) is 20.2. The number of hydrogen-bond acceptors (Lipinski definition) is 2. The van der Waals surface area contributed by atoms with Gasteiger partial charge in [0.25, 0.3) is 0 Å². The van der Waals surface area contributed by atoms with Crippen LogP contribution in [0.2, 0.25) is 11.8 Å². The van der Waals surface area contributed by atoms with Gasteiger partial charge in [0.15, 0.2) is 0 Å². The van der Waals surface area contributed by atoms with Gasteiger partial charge < -0.3 is 0 Å². The van der Waals surface area contributed by atoms with Crippen molar-refractivity contribution in [2.45, 2.75) is 127 Å². The van der Waals surface area contributed by atoms with Crippen molar-refractivity contribution < 1.29 is 0 Å². The van der Waals surface area contributed by atoms with Crippen molar-refractivity contribution in [3.05, 3.63) is 23.9 Å². The first-order chi connectivity index (χ1) is 15.3. The van der Waals surface area contributed by atoms with E-state index in [9.17, 15) is 0 Å². The van der Waals surface area contributed by atoms with Gasteiger partial charge in [0.2, 0.25) is 0 Å². The van der Waals surface area contributed by atoms with Crippen LogP contribution in [0.15, 0.2) is 18.3 Å². The van der Waals surface area contributed by atoms with Crippen molar-refractivity contribution in [1.82, 2.24) is 9.88 Å². The van der Waals surface area contributed by atoms with Crippen LogP contribution in [-0.4, -0.2) is 41.9 Å². The third-order valence-corrected chi connectivity index (χ3v) is 30.0. The summed E-state index contributed by atoms with van der Waals surface area (Å²) >= 11 is -2.82. The van der Waals surface area contributed by atoms with Gasteiger partial charge in [-0.1, -0.05) is 0 Å². The SMILES string of the molecule is CN1CCC[C@H]1c1cccn[c]1[Sn]([CH]1CCCCC1)([CH]1CCCCC1)[CH]1CCCCC1. The molecule has 1 atom stereocenters. The van der Waals surface area contributed by atoms with Gasteiger partial charge in [0.1, 0.15) is 0 Å². The fraction of sp³-hybridized carbons (Fsp3) is 0.821. The number of hydrogen-bond donors (Lipinski definition) is 0. The molecule has 2 heterocycles. The first-order valence-corrected chi connectivity index (χ1v) is 20.3. The Bertz CT molecular complexity index is 655. The molecule has 3 aliphatic carbocycles. The Labute approximate surface area is 195 Å². The molecule has 0 spiro atoms. The summed E-state index contributed by atoms with van der Waals surface area (Å²) in [5.74, 6) is 0. The molecule has 0 bridgehead atoms. The molecule has 31 heavy (non-hydrogen) atoms. The quantitative estimate of drug-likeness (QED) is 0.367. The zero-order chi connectivity index (χ0) is 21.1. The van der Waals surface area contributed by atoms with Crippen LogP contribution in [0.25, 0.3) is 0 Å². The maximum absolute atomic E-state index is 5.52. The molecule has 0 N–H and O–H groups in total. The van der Waals surface area contributed by atoms with E-state index >= 15 is 0 Å². The number of likely N-dealkylation sites (tertiary alicyclic amines) is 1. The molecule has 0 radical (unpaired) electrons. The molecular weight excluding hydrogens is 483 g/mol. The predicted octanol–water partition coefficient (Wildman–Crippen LogP) is 7.51. The third-order valence-electron chi connectivity index (χ3n) is 9.97. The molecule has 0 unspecified atom stereocenters. The molecule has 0 aromatic carbocycles. The van der Waals surface area contributed by atoms with Gasteiger partial charge in [-0.3, -0.25) is 0 Å². The summed E-state index contributed by atoms with van der Waals surface area (Å²) in [4.78, 5) is 8.19. The van der Waals surface area contributed by atoms with Gasteiger partial charge in [-0.05, 0) is 0 Å². The summed E-state index contributed by atoms with van der Waals surface area (Å²) in [6.45, 7) is 1.28. The molecule has 172 valence electrons. The minimum absolute atomic E-state index is 0.649. The van der Waals surface area contributed by atoms with Gasteiger partial charge in [0, 0.05) is 0 Å². The summed E-state index contributed by atoms with van der Waals surface area (Å²) in [5.41, 5.74) is 1.72. The van der Waals surface area contributed by atoms with Gasteiger partial charge >= 0.3 is 196 Å². The van der Waals surface area contributed by atoms with Crippen molar-refractivity contribution in [3.8, 4) is 0 Å². The van der Waals surface area contributed by atoms with Crippen molar-refractivity contribution in [2.24, 2.45) is 0 Å². The summed E-state index contributed by atoms with van der Waals surface area (Å²) < 4.78 is 5.04. The van der Waals surface area contributed by atoms with E-state index in [1.807, 2.05) is 0 Å². The second-order valence-electron chi connectivity index (χ2n) is 11.5. The molecule has 5 rings (SSSR count). The molecule has 4 fully saturated rings. The molecular formula is C28H46N2Sn. The van der Waals surface area contributed by atoms with Crippen LogP contribution in [0.3, 0.4) is 0 Å². The fourth-order valence-electron chi connectivity index (χ4n) is 8.67.